The maximum atomic E-state index is 8.55. The second kappa shape index (κ2) is 29.5. The predicted octanol–water partition coefficient (Wildman–Crippen LogP) is -1.42. The van der Waals surface area contributed by atoms with Crippen molar-refractivity contribution in [1.29, 1.82) is 0 Å². The first-order chi connectivity index (χ1) is 5.46. The van der Waals surface area contributed by atoms with E-state index >= 15 is 0 Å². The lowest BCUT2D eigenvalue weighted by atomic mass is 13.1. The molecule has 0 fully saturated rings. The fourth-order valence-electron chi connectivity index (χ4n) is 0. The van der Waals surface area contributed by atoms with Crippen LogP contribution >= 0.6 is 7.82 Å². The van der Waals surface area contributed by atoms with Gasteiger partial charge in [0.25, 0.3) is 0 Å². The minimum atomic E-state index is -5.39. The third kappa shape index (κ3) is 888. The molecule has 18 heavy (non-hydrogen) atoms. The Morgan fingerprint density at radius 3 is 0.611 bits per heavy atom. The first-order valence-corrected chi connectivity index (χ1v) is 3.29. The summed E-state index contributed by atoms with van der Waals surface area (Å²) in [5.74, 6) is 0. The Morgan fingerprint density at radius 2 is 0.611 bits per heavy atom. The molecular formula is H20N7O10P. The van der Waals surface area contributed by atoms with Crippen LogP contribution in [-0.4, -0.2) is 10.2 Å². The predicted molar refractivity (Wildman–Crippen MR) is 58.3 cm³/mol. The van der Waals surface area contributed by atoms with E-state index < -0.39 is 18.0 Å². The van der Waals surface area contributed by atoms with E-state index in [4.69, 9.17) is 49.9 Å². The van der Waals surface area contributed by atoms with E-state index in [9.17, 15) is 0 Å². The summed E-state index contributed by atoms with van der Waals surface area (Å²) in [5, 5.41) is 29.5. The lowest BCUT2D eigenvalue weighted by molar-refractivity contribution is -0.432. The Hall–Kier alpha value is -1.69. The zero-order valence-corrected chi connectivity index (χ0v) is 11.3. The van der Waals surface area contributed by atoms with Crippen LogP contribution in [-0.2, 0) is 4.57 Å². The van der Waals surface area contributed by atoms with Crippen molar-refractivity contribution in [2.24, 2.45) is 0 Å². The molecule has 120 valence electrons. The molecule has 0 aromatic heterocycles. The van der Waals surface area contributed by atoms with Gasteiger partial charge in [0.1, 0.15) is 0 Å². The molecular weight excluding hydrogens is 289 g/mol. The molecule has 0 saturated heterocycles. The molecule has 0 rings (SSSR count). The molecule has 0 amide bonds. The zero-order valence-electron chi connectivity index (χ0n) is 10.4. The molecule has 0 aromatic carbocycles. The summed E-state index contributed by atoms with van der Waals surface area (Å²) in [5.41, 5.74) is 0. The summed E-state index contributed by atoms with van der Waals surface area (Å²) >= 11 is 0. The molecule has 20 N–H and O–H groups in total. The highest BCUT2D eigenvalue weighted by Crippen LogP contribution is 2.03. The van der Waals surface area contributed by atoms with Crippen molar-refractivity contribution < 1.29 is 29.4 Å². The van der Waals surface area contributed by atoms with E-state index in [2.05, 4.69) is 0 Å². The Balaban J connectivity index is -0.0000000123. The molecule has 0 spiro atoms. The largest absolute Gasteiger partial charge is 0.822 e. The van der Waals surface area contributed by atoms with Gasteiger partial charge in [-0.1, -0.05) is 0 Å². The van der Waals surface area contributed by atoms with Gasteiger partial charge in [-0.25, -0.2) is 0 Å². The van der Waals surface area contributed by atoms with Crippen LogP contribution in [0.1, 0.15) is 0 Å². The van der Waals surface area contributed by atoms with Gasteiger partial charge < -0.3 is 80.6 Å². The van der Waals surface area contributed by atoms with Crippen molar-refractivity contribution in [3.05, 3.63) is 30.6 Å². The number of rotatable bonds is 0. The number of quaternary nitrogens is 5. The van der Waals surface area contributed by atoms with E-state index in [1.807, 2.05) is 0 Å². The van der Waals surface area contributed by atoms with Crippen LogP contribution in [0.2, 0.25) is 0 Å². The average Bonchev–Trinajstić information content (AvgIpc) is 1.50. The first kappa shape index (κ1) is 55.4. The third-order valence-corrected chi connectivity index (χ3v) is 0. The van der Waals surface area contributed by atoms with Gasteiger partial charge in [0.15, 0.2) is 0 Å². The molecule has 0 heterocycles. The summed E-state index contributed by atoms with van der Waals surface area (Å²) in [6, 6.07) is 0. The summed E-state index contributed by atoms with van der Waals surface area (Å²) in [7, 11) is -5.39. The number of hydrogen-bond donors (Lipinski definition) is 5. The number of phosphoric acid groups is 1. The minimum absolute atomic E-state index is 0. The van der Waals surface area contributed by atoms with E-state index in [1.165, 1.54) is 0 Å². The molecule has 0 unspecified atom stereocenters. The highest BCUT2D eigenvalue weighted by atomic mass is 31.2. The highest BCUT2D eigenvalue weighted by molar-refractivity contribution is 7.40. The van der Waals surface area contributed by atoms with Crippen molar-refractivity contribution in [2.45, 2.75) is 0 Å². The van der Waals surface area contributed by atoms with Crippen molar-refractivity contribution in [1.82, 2.24) is 30.8 Å². The summed E-state index contributed by atoms with van der Waals surface area (Å²) in [6.45, 7) is 0. The monoisotopic (exact) mass is 309 g/mol. The number of nitrogens with zero attached hydrogens (tertiary/aromatic N) is 2. The van der Waals surface area contributed by atoms with E-state index in [1.54, 1.807) is 0 Å². The quantitative estimate of drug-likeness (QED) is 0.197. The topological polar surface area (TPSA) is 401 Å². The van der Waals surface area contributed by atoms with Crippen LogP contribution in [0.15, 0.2) is 0 Å². The van der Waals surface area contributed by atoms with Gasteiger partial charge in [0, 0.05) is 0 Å². The summed E-state index contributed by atoms with van der Waals surface area (Å²) in [4.78, 5) is 42.1. The lowest BCUT2D eigenvalue weighted by Gasteiger charge is -2.36. The molecule has 0 bridgehead atoms. The third-order valence-electron chi connectivity index (χ3n) is 0. The fourth-order valence-corrected chi connectivity index (χ4v) is 0. The Bertz CT molecular complexity index is 170. The SMILES string of the molecule is O=P([O-])([O-])[O-].O=[N+]([O-])[O-].O=[N+]([O-])[O-].[NH4+].[NH4+].[NH4+].[NH4+].[NH4+]. The van der Waals surface area contributed by atoms with E-state index in [0.717, 1.165) is 0 Å². The maximum Gasteiger partial charge on any atom is 0.0689 e. The maximum absolute atomic E-state index is 8.55. The van der Waals surface area contributed by atoms with Crippen LogP contribution in [0.4, 0.5) is 0 Å². The Labute approximate surface area is 99.8 Å². The lowest BCUT2D eigenvalue weighted by Crippen LogP contribution is -2.24. The standard InChI is InChI=1S/2NO3.5H3N.H3O4P/c2*2-1(3)4;;;;;;1-5(2,3)4/h;;5*1H3;(H3,1,2,3,4)/q2*-1;;;;;;/p+2. The molecule has 0 aliphatic carbocycles. The van der Waals surface area contributed by atoms with Gasteiger partial charge >= 0.3 is 0 Å². The highest BCUT2D eigenvalue weighted by Gasteiger charge is 1.46. The average molecular weight is 309 g/mol. The first-order valence-electron chi connectivity index (χ1n) is 1.83. The minimum Gasteiger partial charge on any atom is -0.822 e. The molecule has 0 saturated carbocycles. The zero-order chi connectivity index (χ0) is 11.7. The molecule has 0 aromatic rings. The van der Waals surface area contributed by atoms with E-state index in [-0.39, 0.29) is 30.8 Å². The number of hydrogen-bond acceptors (Lipinski definition) is 10. The molecule has 17 nitrogen and oxygen atoms in total. The van der Waals surface area contributed by atoms with Crippen molar-refractivity contribution in [3.8, 4) is 0 Å². The normalized spacial score (nSPS) is 5.94. The molecule has 0 radical (unpaired) electrons. The van der Waals surface area contributed by atoms with Gasteiger partial charge in [-0.15, -0.1) is 0 Å². The summed E-state index contributed by atoms with van der Waals surface area (Å²) < 4.78 is 8.55. The van der Waals surface area contributed by atoms with Gasteiger partial charge in [0.05, 0.1) is 10.2 Å². The fraction of sp³-hybridized carbons (Fsp3) is 0. The summed E-state index contributed by atoms with van der Waals surface area (Å²) in [6.07, 6.45) is 0. The van der Waals surface area contributed by atoms with Crippen molar-refractivity contribution in [2.75, 3.05) is 0 Å². The van der Waals surface area contributed by atoms with Crippen LogP contribution < -0.4 is 45.4 Å². The van der Waals surface area contributed by atoms with Gasteiger partial charge in [0.2, 0.25) is 0 Å². The van der Waals surface area contributed by atoms with Crippen LogP contribution in [0.25, 0.3) is 0 Å². The second-order valence-corrected chi connectivity index (χ2v) is 1.79. The van der Waals surface area contributed by atoms with Gasteiger partial charge in [-0.05, 0) is 0 Å². The van der Waals surface area contributed by atoms with Crippen molar-refractivity contribution in [3.63, 3.8) is 0 Å². The van der Waals surface area contributed by atoms with E-state index in [0.29, 0.717) is 0 Å². The van der Waals surface area contributed by atoms with Crippen LogP contribution in [0, 0.1) is 30.6 Å². The Kier molecular flexibility index (Phi) is 90.7. The van der Waals surface area contributed by atoms with Gasteiger partial charge in [-0.3, -0.25) is 0 Å². The van der Waals surface area contributed by atoms with Crippen molar-refractivity contribution >= 4 is 7.82 Å². The second-order valence-electron chi connectivity index (χ2n) is 0.894. The molecule has 0 atom stereocenters. The van der Waals surface area contributed by atoms with Crippen LogP contribution in [0.3, 0.4) is 0 Å². The molecule has 18 heteroatoms. The smallest absolute Gasteiger partial charge is 0.0689 e. The van der Waals surface area contributed by atoms with Gasteiger partial charge in [-0.2, -0.15) is 7.82 Å². The molecule has 0 aliphatic rings. The Morgan fingerprint density at radius 1 is 0.611 bits per heavy atom. The van der Waals surface area contributed by atoms with Crippen LogP contribution in [0.5, 0.6) is 0 Å². The molecule has 0 aliphatic heterocycles.